The van der Waals surface area contributed by atoms with Gasteiger partial charge in [0.25, 0.3) is 5.91 Å². The average molecular weight is 326 g/mol. The molecule has 126 valence electrons. The maximum atomic E-state index is 12.7. The van der Waals surface area contributed by atoms with Crippen LogP contribution in [0.1, 0.15) is 23.7 Å². The molecule has 5 nitrogen and oxygen atoms in total. The van der Waals surface area contributed by atoms with Crippen LogP contribution < -0.4 is 4.74 Å². The number of β-amino-alcohol motifs (C(OH)–C–C–N with tert-alkyl or cyclic N) is 1. The molecule has 2 unspecified atom stereocenters. The molecular weight excluding hydrogens is 304 g/mol. The Morgan fingerprint density at radius 1 is 1.25 bits per heavy atom. The summed E-state index contributed by atoms with van der Waals surface area (Å²) in [5.41, 5.74) is 2.41. The standard InChI is InChI=1S/C19H22N2O3/c1-13-7-8-21(12-18(13)22)19(23)16-9-15(10-20-11-16)14-3-5-17(24-2)6-4-14/h3-6,9-11,13,18,22H,7-8,12H2,1-2H3. The number of likely N-dealkylation sites (tertiary alicyclic amines) is 1. The molecule has 0 saturated carbocycles. The van der Waals surface area contributed by atoms with Crippen LogP contribution in [0.5, 0.6) is 5.75 Å². The van der Waals surface area contributed by atoms with Gasteiger partial charge in [-0.2, -0.15) is 0 Å². The second-order valence-corrected chi connectivity index (χ2v) is 6.28. The molecule has 1 N–H and O–H groups in total. The van der Waals surface area contributed by atoms with Gasteiger partial charge in [0.2, 0.25) is 0 Å². The highest BCUT2D eigenvalue weighted by Crippen LogP contribution is 2.24. The second-order valence-electron chi connectivity index (χ2n) is 6.28. The van der Waals surface area contributed by atoms with E-state index in [1.54, 1.807) is 24.4 Å². The predicted octanol–water partition coefficient (Wildman–Crippen LogP) is 2.60. The largest absolute Gasteiger partial charge is 0.497 e. The van der Waals surface area contributed by atoms with Gasteiger partial charge in [0.15, 0.2) is 0 Å². The zero-order chi connectivity index (χ0) is 17.1. The second kappa shape index (κ2) is 7.01. The summed E-state index contributed by atoms with van der Waals surface area (Å²) in [4.78, 5) is 18.6. The molecule has 1 fully saturated rings. The SMILES string of the molecule is COc1ccc(-c2cncc(C(=O)N3CCC(C)C(O)C3)c2)cc1. The number of piperidine rings is 1. The first-order chi connectivity index (χ1) is 11.6. The Balaban J connectivity index is 1.80. The number of hydrogen-bond acceptors (Lipinski definition) is 4. The molecule has 0 aliphatic carbocycles. The monoisotopic (exact) mass is 326 g/mol. The third-order valence-electron chi connectivity index (χ3n) is 4.61. The first-order valence-corrected chi connectivity index (χ1v) is 8.15. The zero-order valence-electron chi connectivity index (χ0n) is 14.0. The summed E-state index contributed by atoms with van der Waals surface area (Å²) in [5, 5.41) is 10.0. The minimum Gasteiger partial charge on any atom is -0.497 e. The van der Waals surface area contributed by atoms with Crippen molar-refractivity contribution < 1.29 is 14.6 Å². The van der Waals surface area contributed by atoms with Crippen LogP contribution in [0.2, 0.25) is 0 Å². The molecule has 3 rings (SSSR count). The van der Waals surface area contributed by atoms with Crippen molar-refractivity contribution in [3.05, 3.63) is 48.3 Å². The van der Waals surface area contributed by atoms with E-state index in [0.29, 0.717) is 18.7 Å². The molecule has 24 heavy (non-hydrogen) atoms. The summed E-state index contributed by atoms with van der Waals surface area (Å²) < 4.78 is 5.16. The molecule has 2 heterocycles. The van der Waals surface area contributed by atoms with Gasteiger partial charge in [0.1, 0.15) is 5.75 Å². The Bertz CT molecular complexity index is 715. The topological polar surface area (TPSA) is 62.7 Å². The van der Waals surface area contributed by atoms with Crippen LogP contribution in [-0.4, -0.2) is 47.2 Å². The van der Waals surface area contributed by atoms with E-state index in [9.17, 15) is 9.90 Å². The fourth-order valence-corrected chi connectivity index (χ4v) is 2.91. The lowest BCUT2D eigenvalue weighted by Gasteiger charge is -2.34. The molecule has 0 bridgehead atoms. The van der Waals surface area contributed by atoms with Crippen molar-refractivity contribution in [3.63, 3.8) is 0 Å². The summed E-state index contributed by atoms with van der Waals surface area (Å²) in [7, 11) is 1.63. The lowest BCUT2D eigenvalue weighted by Crippen LogP contribution is -2.45. The smallest absolute Gasteiger partial charge is 0.255 e. The van der Waals surface area contributed by atoms with Gasteiger partial charge >= 0.3 is 0 Å². The molecule has 2 aromatic rings. The van der Waals surface area contributed by atoms with E-state index in [-0.39, 0.29) is 11.8 Å². The Kier molecular flexibility index (Phi) is 4.81. The number of hydrogen-bond donors (Lipinski definition) is 1. The first kappa shape index (κ1) is 16.5. The molecule has 1 amide bonds. The van der Waals surface area contributed by atoms with E-state index < -0.39 is 6.10 Å². The van der Waals surface area contributed by atoms with Crippen LogP contribution in [0.25, 0.3) is 11.1 Å². The molecule has 1 aromatic carbocycles. The minimum absolute atomic E-state index is 0.0798. The van der Waals surface area contributed by atoms with Crippen LogP contribution in [0.4, 0.5) is 0 Å². The highest BCUT2D eigenvalue weighted by atomic mass is 16.5. The molecule has 1 aliphatic rings. The lowest BCUT2D eigenvalue weighted by molar-refractivity contribution is 0.0248. The number of ether oxygens (including phenoxy) is 1. The van der Waals surface area contributed by atoms with Crippen LogP contribution in [0, 0.1) is 5.92 Å². The molecule has 0 spiro atoms. The van der Waals surface area contributed by atoms with E-state index in [0.717, 1.165) is 23.3 Å². The fraction of sp³-hybridized carbons (Fsp3) is 0.368. The number of carbonyl (C=O) groups excluding carboxylic acids is 1. The van der Waals surface area contributed by atoms with Crippen LogP contribution in [-0.2, 0) is 0 Å². The maximum absolute atomic E-state index is 12.7. The predicted molar refractivity (Wildman–Crippen MR) is 91.9 cm³/mol. The summed E-state index contributed by atoms with van der Waals surface area (Å²) >= 11 is 0. The molecule has 1 saturated heterocycles. The third kappa shape index (κ3) is 3.41. The van der Waals surface area contributed by atoms with Gasteiger partial charge in [-0.1, -0.05) is 19.1 Å². The summed E-state index contributed by atoms with van der Waals surface area (Å²) in [6.07, 6.45) is 3.68. The van der Waals surface area contributed by atoms with Gasteiger partial charge in [-0.25, -0.2) is 0 Å². The Hall–Kier alpha value is -2.40. The normalized spacial score (nSPS) is 20.7. The molecule has 0 radical (unpaired) electrons. The van der Waals surface area contributed by atoms with Gasteiger partial charge in [-0.3, -0.25) is 9.78 Å². The number of rotatable bonds is 3. The highest BCUT2D eigenvalue weighted by Gasteiger charge is 2.28. The maximum Gasteiger partial charge on any atom is 0.255 e. The van der Waals surface area contributed by atoms with Gasteiger partial charge in [0.05, 0.1) is 18.8 Å². The number of methoxy groups -OCH3 is 1. The average Bonchev–Trinajstić information content (AvgIpc) is 2.63. The number of benzene rings is 1. The number of nitrogens with zero attached hydrogens (tertiary/aromatic N) is 2. The summed E-state index contributed by atoms with van der Waals surface area (Å²) in [6, 6.07) is 9.49. The number of amides is 1. The van der Waals surface area contributed by atoms with Gasteiger partial charge in [-0.05, 0) is 36.1 Å². The summed E-state index contributed by atoms with van der Waals surface area (Å²) in [5.74, 6) is 0.942. The minimum atomic E-state index is -0.458. The number of pyridine rings is 1. The van der Waals surface area contributed by atoms with E-state index >= 15 is 0 Å². The highest BCUT2D eigenvalue weighted by molar-refractivity contribution is 5.95. The van der Waals surface area contributed by atoms with Crippen molar-refractivity contribution in [1.82, 2.24) is 9.88 Å². The van der Waals surface area contributed by atoms with E-state index in [1.807, 2.05) is 37.3 Å². The van der Waals surface area contributed by atoms with Gasteiger partial charge in [-0.15, -0.1) is 0 Å². The first-order valence-electron chi connectivity index (χ1n) is 8.15. The number of carbonyl (C=O) groups is 1. The number of aliphatic hydroxyl groups excluding tert-OH is 1. The number of aromatic nitrogens is 1. The third-order valence-corrected chi connectivity index (χ3v) is 4.61. The van der Waals surface area contributed by atoms with Crippen molar-refractivity contribution in [1.29, 1.82) is 0 Å². The van der Waals surface area contributed by atoms with Crippen LogP contribution in [0.15, 0.2) is 42.7 Å². The van der Waals surface area contributed by atoms with Crippen molar-refractivity contribution in [2.75, 3.05) is 20.2 Å². The van der Waals surface area contributed by atoms with Gasteiger partial charge in [0, 0.05) is 31.0 Å². The Morgan fingerprint density at radius 2 is 2.00 bits per heavy atom. The fourth-order valence-electron chi connectivity index (χ4n) is 2.91. The number of aliphatic hydroxyl groups is 1. The summed E-state index contributed by atoms with van der Waals surface area (Å²) in [6.45, 7) is 3.06. The Labute approximate surface area is 141 Å². The molecule has 1 aromatic heterocycles. The molecular formula is C19H22N2O3. The van der Waals surface area contributed by atoms with Gasteiger partial charge < -0.3 is 14.7 Å². The zero-order valence-corrected chi connectivity index (χ0v) is 14.0. The van der Waals surface area contributed by atoms with E-state index in [2.05, 4.69) is 4.98 Å². The molecule has 1 aliphatic heterocycles. The van der Waals surface area contributed by atoms with E-state index in [1.165, 1.54) is 0 Å². The molecule has 5 heteroatoms. The van der Waals surface area contributed by atoms with Crippen LogP contribution >= 0.6 is 0 Å². The van der Waals surface area contributed by atoms with Crippen molar-refractivity contribution in [2.24, 2.45) is 5.92 Å². The quantitative estimate of drug-likeness (QED) is 0.942. The van der Waals surface area contributed by atoms with Crippen molar-refractivity contribution in [2.45, 2.75) is 19.4 Å². The van der Waals surface area contributed by atoms with Crippen molar-refractivity contribution in [3.8, 4) is 16.9 Å². The van der Waals surface area contributed by atoms with Crippen LogP contribution in [0.3, 0.4) is 0 Å². The Morgan fingerprint density at radius 3 is 2.67 bits per heavy atom. The lowest BCUT2D eigenvalue weighted by atomic mass is 9.95. The molecule has 2 atom stereocenters. The van der Waals surface area contributed by atoms with Crippen molar-refractivity contribution >= 4 is 5.91 Å². The van der Waals surface area contributed by atoms with E-state index in [4.69, 9.17) is 4.74 Å².